The Morgan fingerprint density at radius 1 is 1.36 bits per heavy atom. The van der Waals surface area contributed by atoms with Gasteiger partial charge in [0.2, 0.25) is 0 Å². The number of hydrogen-bond donors (Lipinski definition) is 1. The first-order chi connectivity index (χ1) is 6.57. The van der Waals surface area contributed by atoms with Crippen molar-refractivity contribution in [3.63, 3.8) is 0 Å². The predicted octanol–water partition coefficient (Wildman–Crippen LogP) is 3.41. The van der Waals surface area contributed by atoms with E-state index in [1.165, 1.54) is 16.7 Å². The minimum atomic E-state index is 0.451. The molecular formula is C12H18ClN. The van der Waals surface area contributed by atoms with Gasteiger partial charge in [0.15, 0.2) is 0 Å². The monoisotopic (exact) mass is 211 g/mol. The molecule has 0 fully saturated rings. The van der Waals surface area contributed by atoms with Crippen molar-refractivity contribution < 1.29 is 0 Å². The fourth-order valence-corrected chi connectivity index (χ4v) is 2.19. The lowest BCUT2D eigenvalue weighted by atomic mass is 9.91. The Balaban J connectivity index is 3.11. The molecule has 0 aliphatic carbocycles. The van der Waals surface area contributed by atoms with Gasteiger partial charge in [-0.15, -0.1) is 0 Å². The molecule has 2 N–H and O–H groups in total. The number of nitrogens with two attached hydrogens (primary N) is 1. The highest BCUT2D eigenvalue weighted by Crippen LogP contribution is 2.31. The van der Waals surface area contributed by atoms with Crippen LogP contribution < -0.4 is 5.73 Å². The zero-order valence-electron chi connectivity index (χ0n) is 9.10. The normalized spacial score (nSPS) is 12.9. The van der Waals surface area contributed by atoms with Crippen molar-refractivity contribution in [1.29, 1.82) is 0 Å². The molecule has 0 bridgehead atoms. The Morgan fingerprint density at radius 2 is 2.00 bits per heavy atom. The first-order valence-electron chi connectivity index (χ1n) is 5.03. The minimum absolute atomic E-state index is 0.451. The molecule has 0 radical (unpaired) electrons. The van der Waals surface area contributed by atoms with Crippen molar-refractivity contribution in [3.05, 3.63) is 33.8 Å². The van der Waals surface area contributed by atoms with E-state index in [9.17, 15) is 0 Å². The molecule has 0 aromatic heterocycles. The van der Waals surface area contributed by atoms with E-state index >= 15 is 0 Å². The SMILES string of the molecule is Cc1ccc(Cl)c(C(C)CCN)c1C. The molecule has 0 aliphatic rings. The third-order valence-corrected chi connectivity index (χ3v) is 3.15. The molecule has 0 saturated heterocycles. The van der Waals surface area contributed by atoms with Crippen LogP contribution in [0.15, 0.2) is 12.1 Å². The number of halogens is 1. The van der Waals surface area contributed by atoms with E-state index in [2.05, 4.69) is 26.8 Å². The Morgan fingerprint density at radius 3 is 2.57 bits per heavy atom. The summed E-state index contributed by atoms with van der Waals surface area (Å²) in [6.45, 7) is 7.14. The van der Waals surface area contributed by atoms with Crippen molar-refractivity contribution in [2.24, 2.45) is 5.73 Å². The second-order valence-electron chi connectivity index (χ2n) is 3.88. The van der Waals surface area contributed by atoms with E-state index in [4.69, 9.17) is 17.3 Å². The van der Waals surface area contributed by atoms with Crippen molar-refractivity contribution in [2.75, 3.05) is 6.54 Å². The number of aryl methyl sites for hydroxylation is 1. The molecule has 1 rings (SSSR count). The van der Waals surface area contributed by atoms with Gasteiger partial charge in [0.1, 0.15) is 0 Å². The first-order valence-corrected chi connectivity index (χ1v) is 5.41. The van der Waals surface area contributed by atoms with E-state index in [0.717, 1.165) is 11.4 Å². The van der Waals surface area contributed by atoms with E-state index in [1.807, 2.05) is 6.07 Å². The molecule has 2 heteroatoms. The van der Waals surface area contributed by atoms with Gasteiger partial charge in [0, 0.05) is 5.02 Å². The summed E-state index contributed by atoms with van der Waals surface area (Å²) < 4.78 is 0. The van der Waals surface area contributed by atoms with Gasteiger partial charge in [-0.3, -0.25) is 0 Å². The van der Waals surface area contributed by atoms with Gasteiger partial charge in [-0.25, -0.2) is 0 Å². The van der Waals surface area contributed by atoms with Crippen LogP contribution in [0.1, 0.15) is 36.0 Å². The second kappa shape index (κ2) is 4.81. The summed E-state index contributed by atoms with van der Waals surface area (Å²) >= 11 is 6.19. The van der Waals surface area contributed by atoms with Crippen molar-refractivity contribution in [3.8, 4) is 0 Å². The summed E-state index contributed by atoms with van der Waals surface area (Å²) in [5, 5.41) is 0.869. The van der Waals surface area contributed by atoms with Gasteiger partial charge in [-0.05, 0) is 55.5 Å². The smallest absolute Gasteiger partial charge is 0.0443 e. The Kier molecular flexibility index (Phi) is 3.97. The maximum absolute atomic E-state index is 6.19. The predicted molar refractivity (Wildman–Crippen MR) is 63.0 cm³/mol. The first kappa shape index (κ1) is 11.5. The van der Waals surface area contributed by atoms with E-state index in [0.29, 0.717) is 12.5 Å². The summed E-state index contributed by atoms with van der Waals surface area (Å²) in [6, 6.07) is 4.04. The quantitative estimate of drug-likeness (QED) is 0.815. The maximum Gasteiger partial charge on any atom is 0.0443 e. The Labute approximate surface area is 91.3 Å². The zero-order chi connectivity index (χ0) is 10.7. The zero-order valence-corrected chi connectivity index (χ0v) is 9.86. The van der Waals surface area contributed by atoms with Crippen LogP contribution in [0.25, 0.3) is 0 Å². The van der Waals surface area contributed by atoms with Crippen molar-refractivity contribution in [2.45, 2.75) is 33.1 Å². The van der Waals surface area contributed by atoms with Gasteiger partial charge < -0.3 is 5.73 Å². The highest BCUT2D eigenvalue weighted by molar-refractivity contribution is 6.31. The standard InChI is InChI=1S/C12H18ClN/c1-8-4-5-11(13)12(10(8)3)9(2)6-7-14/h4-5,9H,6-7,14H2,1-3H3. The summed E-state index contributed by atoms with van der Waals surface area (Å²) in [5.41, 5.74) is 9.43. The molecule has 1 atom stereocenters. The van der Waals surface area contributed by atoms with Crippen molar-refractivity contribution >= 4 is 11.6 Å². The van der Waals surface area contributed by atoms with Gasteiger partial charge >= 0.3 is 0 Å². The van der Waals surface area contributed by atoms with Crippen LogP contribution in [-0.2, 0) is 0 Å². The van der Waals surface area contributed by atoms with Gasteiger partial charge in [-0.2, -0.15) is 0 Å². The third kappa shape index (κ3) is 2.28. The highest BCUT2D eigenvalue weighted by atomic mass is 35.5. The molecule has 0 aliphatic heterocycles. The number of hydrogen-bond acceptors (Lipinski definition) is 1. The Hall–Kier alpha value is -0.530. The van der Waals surface area contributed by atoms with Crippen LogP contribution in [0.5, 0.6) is 0 Å². The van der Waals surface area contributed by atoms with Crippen LogP contribution in [0.3, 0.4) is 0 Å². The lowest BCUT2D eigenvalue weighted by molar-refractivity contribution is 0.685. The second-order valence-corrected chi connectivity index (χ2v) is 4.29. The van der Waals surface area contributed by atoms with Gasteiger partial charge in [-0.1, -0.05) is 24.6 Å². The molecule has 1 unspecified atom stereocenters. The molecule has 14 heavy (non-hydrogen) atoms. The molecule has 78 valence electrons. The number of rotatable bonds is 3. The highest BCUT2D eigenvalue weighted by Gasteiger charge is 2.12. The average molecular weight is 212 g/mol. The number of benzene rings is 1. The average Bonchev–Trinajstić information content (AvgIpc) is 2.13. The fraction of sp³-hybridized carbons (Fsp3) is 0.500. The van der Waals surface area contributed by atoms with Crippen LogP contribution >= 0.6 is 11.6 Å². The minimum Gasteiger partial charge on any atom is -0.330 e. The van der Waals surface area contributed by atoms with Crippen LogP contribution in [-0.4, -0.2) is 6.54 Å². The maximum atomic E-state index is 6.19. The third-order valence-electron chi connectivity index (χ3n) is 2.82. The molecule has 1 nitrogen and oxygen atoms in total. The van der Waals surface area contributed by atoms with E-state index in [-0.39, 0.29) is 0 Å². The molecule has 0 spiro atoms. The summed E-state index contributed by atoms with van der Waals surface area (Å²) in [6.07, 6.45) is 0.990. The van der Waals surface area contributed by atoms with Gasteiger partial charge in [0.05, 0.1) is 0 Å². The molecule has 1 aromatic carbocycles. The molecule has 0 heterocycles. The molecule has 0 saturated carbocycles. The summed E-state index contributed by atoms with van der Waals surface area (Å²) in [5.74, 6) is 0.451. The molecule has 0 amide bonds. The summed E-state index contributed by atoms with van der Waals surface area (Å²) in [7, 11) is 0. The fourth-order valence-electron chi connectivity index (χ4n) is 1.80. The van der Waals surface area contributed by atoms with E-state index < -0.39 is 0 Å². The summed E-state index contributed by atoms with van der Waals surface area (Å²) in [4.78, 5) is 0. The van der Waals surface area contributed by atoms with Crippen LogP contribution in [0, 0.1) is 13.8 Å². The van der Waals surface area contributed by atoms with Crippen LogP contribution in [0.2, 0.25) is 5.02 Å². The van der Waals surface area contributed by atoms with Crippen LogP contribution in [0.4, 0.5) is 0 Å². The van der Waals surface area contributed by atoms with Crippen molar-refractivity contribution in [1.82, 2.24) is 0 Å². The lowest BCUT2D eigenvalue weighted by Crippen LogP contribution is -2.07. The largest absolute Gasteiger partial charge is 0.330 e. The van der Waals surface area contributed by atoms with E-state index in [1.54, 1.807) is 0 Å². The lowest BCUT2D eigenvalue weighted by Gasteiger charge is -2.17. The molecular weight excluding hydrogens is 194 g/mol. The molecule has 1 aromatic rings. The topological polar surface area (TPSA) is 26.0 Å². The Bertz CT molecular complexity index is 320. The van der Waals surface area contributed by atoms with Gasteiger partial charge in [0.25, 0.3) is 0 Å².